The average Bonchev–Trinajstić information content (AvgIpc) is 2.29. The maximum absolute atomic E-state index is 10.3. The zero-order chi connectivity index (χ0) is 12.3. The van der Waals surface area contributed by atoms with Gasteiger partial charge in [0.2, 0.25) is 0 Å². The second kappa shape index (κ2) is 5.12. The molecule has 0 amide bonds. The molecule has 0 radical (unpaired) electrons. The zero-order valence-corrected chi connectivity index (χ0v) is 10.8. The van der Waals surface area contributed by atoms with E-state index in [1.54, 1.807) is 0 Å². The highest BCUT2D eigenvalue weighted by Crippen LogP contribution is 2.27. The van der Waals surface area contributed by atoms with Crippen LogP contribution in [-0.2, 0) is 0 Å². The fourth-order valence-corrected chi connectivity index (χ4v) is 2.44. The second-order valence-electron chi connectivity index (χ2n) is 4.80. The minimum atomic E-state index is -0.773. The Morgan fingerprint density at radius 3 is 2.59 bits per heavy atom. The van der Waals surface area contributed by atoms with Crippen molar-refractivity contribution in [3.63, 3.8) is 0 Å². The molecule has 0 unspecified atom stereocenters. The highest BCUT2D eigenvalue weighted by atomic mass is 35.5. The fourth-order valence-electron chi connectivity index (χ4n) is 2.21. The van der Waals surface area contributed by atoms with Crippen LogP contribution >= 0.6 is 11.6 Å². The van der Waals surface area contributed by atoms with Crippen LogP contribution in [0.15, 0.2) is 18.2 Å². The standard InChI is InChI=1S/C15H17ClO/c1-12-11-14(16)6-5-13(12)7-10-15(17)8-3-2-4-9-15/h5-6,11,17H,2-4,8-9H2,1H3. The predicted molar refractivity (Wildman–Crippen MR) is 71.1 cm³/mol. The lowest BCUT2D eigenvalue weighted by atomic mass is 9.85. The molecule has 90 valence electrons. The lowest BCUT2D eigenvalue weighted by molar-refractivity contribution is 0.0610. The van der Waals surface area contributed by atoms with Crippen LogP contribution in [0, 0.1) is 18.8 Å². The third kappa shape index (κ3) is 3.25. The normalized spacial score (nSPS) is 18.3. The minimum Gasteiger partial charge on any atom is -0.378 e. The summed E-state index contributed by atoms with van der Waals surface area (Å²) < 4.78 is 0. The Morgan fingerprint density at radius 2 is 1.94 bits per heavy atom. The van der Waals surface area contributed by atoms with Gasteiger partial charge in [0.25, 0.3) is 0 Å². The minimum absolute atomic E-state index is 0.726. The van der Waals surface area contributed by atoms with Gasteiger partial charge in [-0.2, -0.15) is 0 Å². The molecule has 1 fully saturated rings. The Balaban J connectivity index is 2.20. The van der Waals surface area contributed by atoms with E-state index in [1.807, 2.05) is 25.1 Å². The molecule has 0 bridgehead atoms. The van der Waals surface area contributed by atoms with E-state index in [2.05, 4.69) is 11.8 Å². The molecule has 2 heteroatoms. The highest BCUT2D eigenvalue weighted by Gasteiger charge is 2.26. The molecule has 1 nitrogen and oxygen atoms in total. The molecule has 2 rings (SSSR count). The number of hydrogen-bond donors (Lipinski definition) is 1. The molecule has 0 aromatic heterocycles. The van der Waals surface area contributed by atoms with Gasteiger partial charge in [0.1, 0.15) is 5.60 Å². The topological polar surface area (TPSA) is 20.2 Å². The summed E-state index contributed by atoms with van der Waals surface area (Å²) in [5.74, 6) is 6.13. The molecule has 1 aromatic carbocycles. The van der Waals surface area contributed by atoms with E-state index in [0.717, 1.165) is 41.8 Å². The number of aryl methyl sites for hydroxylation is 1. The van der Waals surface area contributed by atoms with E-state index in [0.29, 0.717) is 0 Å². The Morgan fingerprint density at radius 1 is 1.24 bits per heavy atom. The van der Waals surface area contributed by atoms with Crippen molar-refractivity contribution >= 4 is 11.6 Å². The first-order valence-electron chi connectivity index (χ1n) is 6.11. The summed E-state index contributed by atoms with van der Waals surface area (Å²) in [7, 11) is 0. The van der Waals surface area contributed by atoms with Gasteiger partial charge in [0.15, 0.2) is 0 Å². The van der Waals surface area contributed by atoms with Crippen molar-refractivity contribution in [1.82, 2.24) is 0 Å². The van der Waals surface area contributed by atoms with E-state index in [9.17, 15) is 5.11 Å². The van der Waals surface area contributed by atoms with Gasteiger partial charge in [-0.25, -0.2) is 0 Å². The van der Waals surface area contributed by atoms with Crippen LogP contribution < -0.4 is 0 Å². The van der Waals surface area contributed by atoms with Crippen molar-refractivity contribution in [2.45, 2.75) is 44.6 Å². The molecule has 0 aliphatic heterocycles. The smallest absolute Gasteiger partial charge is 0.125 e. The lowest BCUT2D eigenvalue weighted by Crippen LogP contribution is -2.29. The van der Waals surface area contributed by atoms with Crippen molar-refractivity contribution in [3.05, 3.63) is 34.3 Å². The Kier molecular flexibility index (Phi) is 3.76. The van der Waals surface area contributed by atoms with Crippen molar-refractivity contribution < 1.29 is 5.11 Å². The number of halogens is 1. The van der Waals surface area contributed by atoms with Gasteiger partial charge in [-0.1, -0.05) is 29.9 Å². The number of hydrogen-bond acceptors (Lipinski definition) is 1. The molecule has 0 saturated heterocycles. The Bertz CT molecular complexity index is 462. The SMILES string of the molecule is Cc1cc(Cl)ccc1C#CC1(O)CCCCC1. The van der Waals surface area contributed by atoms with Gasteiger partial charge in [-0.05, 0) is 56.4 Å². The summed E-state index contributed by atoms with van der Waals surface area (Å²) in [5, 5.41) is 11.0. The van der Waals surface area contributed by atoms with E-state index >= 15 is 0 Å². The summed E-state index contributed by atoms with van der Waals surface area (Å²) in [4.78, 5) is 0. The second-order valence-corrected chi connectivity index (χ2v) is 5.24. The average molecular weight is 249 g/mol. The van der Waals surface area contributed by atoms with Gasteiger partial charge in [-0.15, -0.1) is 0 Å². The molecule has 0 atom stereocenters. The Hall–Kier alpha value is -0.970. The highest BCUT2D eigenvalue weighted by molar-refractivity contribution is 6.30. The fraction of sp³-hybridized carbons (Fsp3) is 0.467. The molecule has 0 spiro atoms. The van der Waals surface area contributed by atoms with Crippen LogP contribution in [0.3, 0.4) is 0 Å². The number of aliphatic hydroxyl groups is 1. The van der Waals surface area contributed by atoms with Crippen LogP contribution in [0.2, 0.25) is 5.02 Å². The molecule has 1 aromatic rings. The van der Waals surface area contributed by atoms with Crippen LogP contribution in [-0.4, -0.2) is 10.7 Å². The van der Waals surface area contributed by atoms with Crippen molar-refractivity contribution in [2.24, 2.45) is 0 Å². The molecule has 1 N–H and O–H groups in total. The van der Waals surface area contributed by atoms with Gasteiger partial charge in [0.05, 0.1) is 0 Å². The molecule has 0 heterocycles. The lowest BCUT2D eigenvalue weighted by Gasteiger charge is -2.26. The number of benzene rings is 1. The molecule has 1 aliphatic rings. The summed E-state index contributed by atoms with van der Waals surface area (Å²) in [6.07, 6.45) is 4.96. The third-order valence-corrected chi connectivity index (χ3v) is 3.53. The summed E-state index contributed by atoms with van der Waals surface area (Å²) >= 11 is 5.90. The van der Waals surface area contributed by atoms with Gasteiger partial charge >= 0.3 is 0 Å². The van der Waals surface area contributed by atoms with Gasteiger partial charge in [-0.3, -0.25) is 0 Å². The largest absolute Gasteiger partial charge is 0.378 e. The summed E-state index contributed by atoms with van der Waals surface area (Å²) in [5.41, 5.74) is 1.24. The zero-order valence-electron chi connectivity index (χ0n) is 10.1. The van der Waals surface area contributed by atoms with Gasteiger partial charge in [0, 0.05) is 10.6 Å². The number of rotatable bonds is 0. The van der Waals surface area contributed by atoms with Crippen molar-refractivity contribution in [2.75, 3.05) is 0 Å². The van der Waals surface area contributed by atoms with Gasteiger partial charge < -0.3 is 5.11 Å². The molecular weight excluding hydrogens is 232 g/mol. The van der Waals surface area contributed by atoms with Crippen LogP contribution in [0.5, 0.6) is 0 Å². The van der Waals surface area contributed by atoms with Crippen LogP contribution in [0.4, 0.5) is 0 Å². The summed E-state index contributed by atoms with van der Waals surface area (Å²) in [6, 6.07) is 5.65. The first kappa shape index (κ1) is 12.5. The molecule has 17 heavy (non-hydrogen) atoms. The van der Waals surface area contributed by atoms with E-state index in [-0.39, 0.29) is 0 Å². The van der Waals surface area contributed by atoms with E-state index in [1.165, 1.54) is 6.42 Å². The molecule has 1 saturated carbocycles. The van der Waals surface area contributed by atoms with Crippen molar-refractivity contribution in [3.8, 4) is 11.8 Å². The monoisotopic (exact) mass is 248 g/mol. The Labute approximate surface area is 108 Å². The maximum atomic E-state index is 10.3. The van der Waals surface area contributed by atoms with Crippen LogP contribution in [0.1, 0.15) is 43.2 Å². The quantitative estimate of drug-likeness (QED) is 0.695. The van der Waals surface area contributed by atoms with E-state index in [4.69, 9.17) is 11.6 Å². The predicted octanol–water partition coefficient (Wildman–Crippen LogP) is 3.70. The van der Waals surface area contributed by atoms with Crippen LogP contribution in [0.25, 0.3) is 0 Å². The first-order chi connectivity index (χ1) is 8.09. The van der Waals surface area contributed by atoms with E-state index < -0.39 is 5.60 Å². The molecular formula is C15H17ClO. The maximum Gasteiger partial charge on any atom is 0.125 e. The summed E-state index contributed by atoms with van der Waals surface area (Å²) in [6.45, 7) is 1.99. The third-order valence-electron chi connectivity index (χ3n) is 3.30. The first-order valence-corrected chi connectivity index (χ1v) is 6.49. The molecule has 1 aliphatic carbocycles. The van der Waals surface area contributed by atoms with Crippen molar-refractivity contribution in [1.29, 1.82) is 0 Å².